The molecule has 0 amide bonds. The van der Waals surface area contributed by atoms with Gasteiger partial charge in [-0.15, -0.1) is 0 Å². The minimum Gasteiger partial charge on any atom is -0.520 e. The zero-order chi connectivity index (χ0) is 14.6. The molecule has 0 radical (unpaired) electrons. The molecule has 1 aromatic carbocycles. The number of carbonyl (C=O) groups is 1. The monoisotopic (exact) mass is 292 g/mol. The third-order valence-corrected chi connectivity index (χ3v) is 5.86. The maximum Gasteiger partial charge on any atom is 0.396 e. The topological polar surface area (TPSA) is 44.8 Å². The van der Waals surface area contributed by atoms with Gasteiger partial charge < -0.3 is 13.6 Å². The quantitative estimate of drug-likeness (QED) is 0.362. The van der Waals surface area contributed by atoms with E-state index in [4.69, 9.17) is 13.6 Å². The molecular formula is C15H20O4Si. The first-order valence-electron chi connectivity index (χ1n) is 6.74. The van der Waals surface area contributed by atoms with Gasteiger partial charge in [0.15, 0.2) is 0 Å². The summed E-state index contributed by atoms with van der Waals surface area (Å²) in [7, 11) is -2.20. The van der Waals surface area contributed by atoms with Crippen LogP contribution >= 0.6 is 0 Å². The molecule has 0 fully saturated rings. The highest BCUT2D eigenvalue weighted by atomic mass is 28.4. The van der Waals surface area contributed by atoms with Crippen LogP contribution in [-0.2, 0) is 20.6 Å². The first-order chi connectivity index (χ1) is 9.50. The van der Waals surface area contributed by atoms with Gasteiger partial charge in [-0.2, -0.15) is 0 Å². The highest BCUT2D eigenvalue weighted by Gasteiger charge is 2.37. The van der Waals surface area contributed by atoms with Gasteiger partial charge in [-0.05, 0) is 26.0 Å². The summed E-state index contributed by atoms with van der Waals surface area (Å²) in [5.41, 5.74) is 1.51. The Morgan fingerprint density at radius 3 is 2.95 bits per heavy atom. The van der Waals surface area contributed by atoms with E-state index >= 15 is 0 Å². The molecular weight excluding hydrogens is 272 g/mol. The lowest BCUT2D eigenvalue weighted by Crippen LogP contribution is -2.44. The Balaban J connectivity index is 1.82. The van der Waals surface area contributed by atoms with Crippen molar-refractivity contribution in [2.24, 2.45) is 0 Å². The van der Waals surface area contributed by atoms with Crippen LogP contribution in [0.25, 0.3) is 0 Å². The molecule has 0 saturated heterocycles. The predicted molar refractivity (Wildman–Crippen MR) is 78.7 cm³/mol. The molecule has 0 N–H and O–H groups in total. The van der Waals surface area contributed by atoms with Crippen LogP contribution in [0.1, 0.15) is 18.9 Å². The Morgan fingerprint density at radius 1 is 1.45 bits per heavy atom. The first-order valence-corrected chi connectivity index (χ1v) is 9.26. The molecule has 1 atom stereocenters. The molecule has 108 valence electrons. The first kappa shape index (κ1) is 14.8. The van der Waals surface area contributed by atoms with Crippen molar-refractivity contribution in [1.82, 2.24) is 0 Å². The second-order valence-corrected chi connectivity index (χ2v) is 8.41. The fraction of sp³-hybridized carbons (Fsp3) is 0.400. The fourth-order valence-electron chi connectivity index (χ4n) is 2.02. The molecule has 0 aliphatic carbocycles. The van der Waals surface area contributed by atoms with E-state index in [1.54, 1.807) is 6.92 Å². The standard InChI is InChI=1S/C15H20O4Si/c1-12(2)15(16)17-9-6-10-20(3)18-11-13-7-4-5-8-14(13)19-20/h4-5,7-8H,1,6,9-11H2,2-3H3. The lowest BCUT2D eigenvalue weighted by molar-refractivity contribution is -0.138. The summed E-state index contributed by atoms with van der Waals surface area (Å²) >= 11 is 0. The van der Waals surface area contributed by atoms with Crippen LogP contribution in [0.15, 0.2) is 36.4 Å². The number of carbonyl (C=O) groups excluding carboxylic acids is 1. The predicted octanol–water partition coefficient (Wildman–Crippen LogP) is 3.18. The summed E-state index contributed by atoms with van der Waals surface area (Å²) in [5, 5.41) is 0. The third kappa shape index (κ3) is 3.71. The molecule has 0 aromatic heterocycles. The molecule has 1 unspecified atom stereocenters. The van der Waals surface area contributed by atoms with Crippen molar-refractivity contribution in [3.8, 4) is 5.75 Å². The van der Waals surface area contributed by atoms with E-state index in [0.717, 1.165) is 23.8 Å². The summed E-state index contributed by atoms with van der Waals surface area (Å²) in [6, 6.07) is 8.73. The van der Waals surface area contributed by atoms with E-state index < -0.39 is 8.56 Å². The summed E-state index contributed by atoms with van der Waals surface area (Å²) in [6.45, 7) is 8.21. The van der Waals surface area contributed by atoms with Crippen LogP contribution in [0.2, 0.25) is 12.6 Å². The number of ether oxygens (including phenoxy) is 1. The molecule has 0 spiro atoms. The van der Waals surface area contributed by atoms with E-state index in [1.807, 2.05) is 30.8 Å². The largest absolute Gasteiger partial charge is 0.520 e. The SMILES string of the molecule is C=C(C)C(=O)OCCC[Si]1(C)OCc2ccccc2O1. The number of hydrogen-bond acceptors (Lipinski definition) is 4. The van der Waals surface area contributed by atoms with Gasteiger partial charge in [-0.3, -0.25) is 0 Å². The van der Waals surface area contributed by atoms with Crippen LogP contribution in [0.3, 0.4) is 0 Å². The number of esters is 1. The minimum absolute atomic E-state index is 0.340. The molecule has 1 aliphatic heterocycles. The van der Waals surface area contributed by atoms with Crippen LogP contribution in [-0.4, -0.2) is 21.1 Å². The van der Waals surface area contributed by atoms with Gasteiger partial charge in [0.25, 0.3) is 0 Å². The highest BCUT2D eigenvalue weighted by molar-refractivity contribution is 6.66. The van der Waals surface area contributed by atoms with Crippen molar-refractivity contribution in [2.45, 2.75) is 32.5 Å². The molecule has 1 aromatic rings. The van der Waals surface area contributed by atoms with E-state index in [-0.39, 0.29) is 5.97 Å². The van der Waals surface area contributed by atoms with Gasteiger partial charge in [0.1, 0.15) is 5.75 Å². The minimum atomic E-state index is -2.20. The smallest absolute Gasteiger partial charge is 0.396 e. The fourth-order valence-corrected chi connectivity index (χ4v) is 4.24. The second-order valence-electron chi connectivity index (χ2n) is 5.15. The van der Waals surface area contributed by atoms with Crippen molar-refractivity contribution in [1.29, 1.82) is 0 Å². The van der Waals surface area contributed by atoms with Gasteiger partial charge >= 0.3 is 14.5 Å². The average molecular weight is 292 g/mol. The Bertz CT molecular complexity index is 514. The molecule has 2 rings (SSSR count). The summed E-state index contributed by atoms with van der Waals surface area (Å²) in [5.74, 6) is 0.583. The normalized spacial score (nSPS) is 20.7. The van der Waals surface area contributed by atoms with Crippen LogP contribution in [0, 0.1) is 0 Å². The number of fused-ring (bicyclic) bond motifs is 1. The Kier molecular flexibility index (Phi) is 4.62. The third-order valence-electron chi connectivity index (χ3n) is 3.19. The van der Waals surface area contributed by atoms with Crippen molar-refractivity contribution in [2.75, 3.05) is 6.61 Å². The lowest BCUT2D eigenvalue weighted by atomic mass is 10.2. The van der Waals surface area contributed by atoms with E-state index in [9.17, 15) is 4.79 Å². The Labute approximate surface area is 120 Å². The zero-order valence-corrected chi connectivity index (χ0v) is 13.0. The van der Waals surface area contributed by atoms with Crippen LogP contribution in [0.4, 0.5) is 0 Å². The lowest BCUT2D eigenvalue weighted by Gasteiger charge is -2.33. The molecule has 1 heterocycles. The number of rotatable bonds is 5. The number of hydrogen-bond donors (Lipinski definition) is 0. The van der Waals surface area contributed by atoms with E-state index in [1.165, 1.54) is 0 Å². The van der Waals surface area contributed by atoms with Gasteiger partial charge in [0.2, 0.25) is 0 Å². The molecule has 0 saturated carbocycles. The summed E-state index contributed by atoms with van der Waals surface area (Å²) in [6.07, 6.45) is 0.740. The van der Waals surface area contributed by atoms with Gasteiger partial charge in [0, 0.05) is 17.2 Å². The van der Waals surface area contributed by atoms with Gasteiger partial charge in [-0.1, -0.05) is 24.8 Å². The van der Waals surface area contributed by atoms with Crippen molar-refractivity contribution < 1.29 is 18.4 Å². The number of para-hydroxylation sites is 1. The molecule has 0 bridgehead atoms. The van der Waals surface area contributed by atoms with Crippen LogP contribution < -0.4 is 4.43 Å². The van der Waals surface area contributed by atoms with Crippen LogP contribution in [0.5, 0.6) is 5.75 Å². The summed E-state index contributed by atoms with van der Waals surface area (Å²) < 4.78 is 17.0. The van der Waals surface area contributed by atoms with Crippen molar-refractivity contribution in [3.05, 3.63) is 42.0 Å². The summed E-state index contributed by atoms with van der Waals surface area (Å²) in [4.78, 5) is 11.3. The maximum atomic E-state index is 11.3. The van der Waals surface area contributed by atoms with E-state index in [0.29, 0.717) is 18.8 Å². The molecule has 20 heavy (non-hydrogen) atoms. The maximum absolute atomic E-state index is 11.3. The van der Waals surface area contributed by atoms with Gasteiger partial charge in [-0.25, -0.2) is 4.79 Å². The average Bonchev–Trinajstić information content (AvgIpc) is 2.43. The molecule has 4 nitrogen and oxygen atoms in total. The van der Waals surface area contributed by atoms with Gasteiger partial charge in [0.05, 0.1) is 13.2 Å². The highest BCUT2D eigenvalue weighted by Crippen LogP contribution is 2.31. The number of benzene rings is 1. The Morgan fingerprint density at radius 2 is 2.20 bits per heavy atom. The molecule has 1 aliphatic rings. The zero-order valence-electron chi connectivity index (χ0n) is 12.0. The Hall–Kier alpha value is -1.59. The van der Waals surface area contributed by atoms with E-state index in [2.05, 4.69) is 6.58 Å². The van der Waals surface area contributed by atoms with Crippen molar-refractivity contribution in [3.63, 3.8) is 0 Å². The molecule has 5 heteroatoms. The second kappa shape index (κ2) is 6.24. The van der Waals surface area contributed by atoms with Crippen molar-refractivity contribution >= 4 is 14.5 Å².